The van der Waals surface area contributed by atoms with Gasteiger partial charge in [0.1, 0.15) is 0 Å². The van der Waals surface area contributed by atoms with Gasteiger partial charge in [-0.15, -0.1) is 10.2 Å². The number of rotatable bonds is 6. The second kappa shape index (κ2) is 6.12. The molecule has 0 atom stereocenters. The van der Waals surface area contributed by atoms with Crippen molar-refractivity contribution in [3.8, 4) is 0 Å². The number of halogens is 1. The van der Waals surface area contributed by atoms with Gasteiger partial charge in [0, 0.05) is 30.4 Å². The normalized spacial score (nSPS) is 14.3. The van der Waals surface area contributed by atoms with Crippen molar-refractivity contribution < 1.29 is 0 Å². The third-order valence-corrected chi connectivity index (χ3v) is 4.14. The van der Waals surface area contributed by atoms with E-state index >= 15 is 0 Å². The highest BCUT2D eigenvalue weighted by Crippen LogP contribution is 2.39. The molecule has 3 heterocycles. The van der Waals surface area contributed by atoms with Gasteiger partial charge >= 0.3 is 0 Å². The molecule has 0 spiro atoms. The molecule has 1 saturated carbocycles. The number of aromatic nitrogens is 5. The van der Waals surface area contributed by atoms with Crippen LogP contribution < -0.4 is 5.32 Å². The van der Waals surface area contributed by atoms with Crippen molar-refractivity contribution in [1.82, 2.24) is 24.8 Å². The van der Waals surface area contributed by atoms with E-state index in [1.54, 1.807) is 4.52 Å². The van der Waals surface area contributed by atoms with Gasteiger partial charge < -0.3 is 5.32 Å². The molecule has 7 heteroatoms. The van der Waals surface area contributed by atoms with Crippen LogP contribution in [0.5, 0.6) is 0 Å². The minimum absolute atomic E-state index is 0.450. The van der Waals surface area contributed by atoms with E-state index in [4.69, 9.17) is 11.6 Å². The molecule has 1 N–H and O–H groups in total. The Bertz CT molecular complexity index is 812. The zero-order chi connectivity index (χ0) is 15.6. The molecule has 0 aromatic carbocycles. The number of nitrogens with one attached hydrogen (secondary N) is 1. The van der Waals surface area contributed by atoms with Crippen molar-refractivity contribution in [3.05, 3.63) is 47.1 Å². The molecule has 0 unspecified atom stereocenters. The van der Waals surface area contributed by atoms with Crippen molar-refractivity contribution in [2.24, 2.45) is 0 Å². The SMILES string of the molecule is Clc1cc(NCCCc2ccccn2)c2nnc(C3CC3)n2n1. The Kier molecular flexibility index (Phi) is 3.83. The van der Waals surface area contributed by atoms with Crippen molar-refractivity contribution in [2.45, 2.75) is 31.6 Å². The molecular weight excluding hydrogens is 312 g/mol. The topological polar surface area (TPSA) is 68.0 Å². The maximum Gasteiger partial charge on any atom is 0.201 e. The Morgan fingerprint density at radius 1 is 1.26 bits per heavy atom. The highest BCUT2D eigenvalue weighted by Gasteiger charge is 2.29. The Hall–Kier alpha value is -2.21. The maximum absolute atomic E-state index is 6.15. The summed E-state index contributed by atoms with van der Waals surface area (Å²) in [5, 5.41) is 16.7. The molecule has 118 valence electrons. The lowest BCUT2D eigenvalue weighted by Gasteiger charge is -2.08. The Morgan fingerprint density at radius 3 is 2.96 bits per heavy atom. The van der Waals surface area contributed by atoms with Crippen LogP contribution in [-0.4, -0.2) is 31.3 Å². The molecule has 0 saturated heterocycles. The number of anilines is 1. The molecule has 3 aromatic heterocycles. The molecule has 1 fully saturated rings. The highest BCUT2D eigenvalue weighted by molar-refractivity contribution is 6.29. The molecule has 1 aliphatic rings. The van der Waals surface area contributed by atoms with Gasteiger partial charge in [-0.2, -0.15) is 9.61 Å². The van der Waals surface area contributed by atoms with Gasteiger partial charge in [-0.05, 0) is 37.8 Å². The number of hydrogen-bond donors (Lipinski definition) is 1. The van der Waals surface area contributed by atoms with Crippen LogP contribution in [-0.2, 0) is 6.42 Å². The predicted octanol–water partition coefficient (Wildman–Crippen LogP) is 3.09. The van der Waals surface area contributed by atoms with Crippen LogP contribution in [0.4, 0.5) is 5.69 Å². The van der Waals surface area contributed by atoms with E-state index in [0.717, 1.165) is 55.1 Å². The molecule has 23 heavy (non-hydrogen) atoms. The fourth-order valence-electron chi connectivity index (χ4n) is 2.63. The van der Waals surface area contributed by atoms with Crippen LogP contribution in [0.3, 0.4) is 0 Å². The molecular formula is C16H17ClN6. The minimum atomic E-state index is 0.450. The summed E-state index contributed by atoms with van der Waals surface area (Å²) in [5.74, 6) is 1.40. The van der Waals surface area contributed by atoms with E-state index in [9.17, 15) is 0 Å². The van der Waals surface area contributed by atoms with E-state index in [0.29, 0.717) is 11.1 Å². The number of fused-ring (bicyclic) bond motifs is 1. The van der Waals surface area contributed by atoms with Crippen molar-refractivity contribution in [3.63, 3.8) is 0 Å². The number of aryl methyl sites for hydroxylation is 1. The van der Waals surface area contributed by atoms with Gasteiger partial charge in [-0.3, -0.25) is 4.98 Å². The second-order valence-electron chi connectivity index (χ2n) is 5.80. The van der Waals surface area contributed by atoms with Crippen LogP contribution in [0.2, 0.25) is 5.15 Å². The smallest absolute Gasteiger partial charge is 0.201 e. The average Bonchev–Trinajstić information content (AvgIpc) is 3.32. The summed E-state index contributed by atoms with van der Waals surface area (Å²) in [7, 11) is 0. The van der Waals surface area contributed by atoms with Crippen LogP contribution in [0.25, 0.3) is 5.65 Å². The highest BCUT2D eigenvalue weighted by atomic mass is 35.5. The third-order valence-electron chi connectivity index (χ3n) is 3.96. The van der Waals surface area contributed by atoms with Gasteiger partial charge in [0.05, 0.1) is 5.69 Å². The summed E-state index contributed by atoms with van der Waals surface area (Å²) in [6, 6.07) is 7.79. The summed E-state index contributed by atoms with van der Waals surface area (Å²) < 4.78 is 1.78. The average molecular weight is 329 g/mol. The molecule has 4 rings (SSSR count). The first-order valence-electron chi connectivity index (χ1n) is 7.87. The van der Waals surface area contributed by atoms with Crippen LogP contribution in [0.15, 0.2) is 30.5 Å². The zero-order valence-electron chi connectivity index (χ0n) is 12.6. The van der Waals surface area contributed by atoms with Gasteiger partial charge in [-0.25, -0.2) is 0 Å². The molecule has 0 amide bonds. The van der Waals surface area contributed by atoms with Crippen LogP contribution in [0.1, 0.15) is 36.7 Å². The summed E-state index contributed by atoms with van der Waals surface area (Å²) >= 11 is 6.15. The zero-order valence-corrected chi connectivity index (χ0v) is 13.4. The van der Waals surface area contributed by atoms with Gasteiger partial charge in [0.25, 0.3) is 0 Å². The van der Waals surface area contributed by atoms with E-state index < -0.39 is 0 Å². The summed E-state index contributed by atoms with van der Waals surface area (Å²) in [4.78, 5) is 4.33. The van der Waals surface area contributed by atoms with E-state index in [-0.39, 0.29) is 0 Å². The quantitative estimate of drug-likeness (QED) is 0.704. The second-order valence-corrected chi connectivity index (χ2v) is 6.19. The lowest BCUT2D eigenvalue weighted by atomic mass is 10.2. The number of pyridine rings is 1. The summed E-state index contributed by atoms with van der Waals surface area (Å²) in [5.41, 5.74) is 2.73. The van der Waals surface area contributed by atoms with Gasteiger partial charge in [-0.1, -0.05) is 17.7 Å². The first-order chi connectivity index (χ1) is 11.3. The van der Waals surface area contributed by atoms with E-state index in [2.05, 4.69) is 25.6 Å². The molecule has 0 bridgehead atoms. The van der Waals surface area contributed by atoms with Crippen molar-refractivity contribution >= 4 is 22.9 Å². The fourth-order valence-corrected chi connectivity index (χ4v) is 2.82. The monoisotopic (exact) mass is 328 g/mol. The number of hydrogen-bond acceptors (Lipinski definition) is 5. The van der Waals surface area contributed by atoms with Crippen molar-refractivity contribution in [1.29, 1.82) is 0 Å². The Labute approximate surface area is 138 Å². The lowest BCUT2D eigenvalue weighted by molar-refractivity contribution is 0.811. The van der Waals surface area contributed by atoms with Crippen LogP contribution in [0, 0.1) is 0 Å². The molecule has 6 nitrogen and oxygen atoms in total. The summed E-state index contributed by atoms with van der Waals surface area (Å²) in [6.07, 6.45) is 6.05. The Balaban J connectivity index is 1.46. The third kappa shape index (κ3) is 3.12. The number of nitrogens with zero attached hydrogens (tertiary/aromatic N) is 5. The first kappa shape index (κ1) is 14.4. The predicted molar refractivity (Wildman–Crippen MR) is 88.8 cm³/mol. The molecule has 0 aliphatic heterocycles. The standard InChI is InChI=1S/C16H17ClN6/c17-14-10-13(19-9-3-5-12-4-1-2-8-18-12)16-21-20-15(11-6-7-11)23(16)22-14/h1-2,4,8,10-11,19H,3,5-7,9H2. The van der Waals surface area contributed by atoms with Gasteiger partial charge in [0.15, 0.2) is 11.0 Å². The lowest BCUT2D eigenvalue weighted by Crippen LogP contribution is -2.07. The largest absolute Gasteiger partial charge is 0.382 e. The first-order valence-corrected chi connectivity index (χ1v) is 8.25. The van der Waals surface area contributed by atoms with Gasteiger partial charge in [0.2, 0.25) is 5.65 Å². The minimum Gasteiger partial charge on any atom is -0.382 e. The Morgan fingerprint density at radius 2 is 2.17 bits per heavy atom. The molecule has 1 aliphatic carbocycles. The van der Waals surface area contributed by atoms with E-state index in [1.165, 1.54) is 0 Å². The van der Waals surface area contributed by atoms with E-state index in [1.807, 2.05) is 30.5 Å². The van der Waals surface area contributed by atoms with Crippen molar-refractivity contribution in [2.75, 3.05) is 11.9 Å². The molecule has 0 radical (unpaired) electrons. The fraction of sp³-hybridized carbons (Fsp3) is 0.375. The maximum atomic E-state index is 6.15. The molecule has 3 aromatic rings. The van der Waals surface area contributed by atoms with Crippen LogP contribution >= 0.6 is 11.6 Å². The summed E-state index contributed by atoms with van der Waals surface area (Å²) in [6.45, 7) is 0.818.